The van der Waals surface area contributed by atoms with Crippen LogP contribution in [0.5, 0.6) is 5.75 Å². The van der Waals surface area contributed by atoms with Crippen molar-refractivity contribution in [3.63, 3.8) is 0 Å². The van der Waals surface area contributed by atoms with Crippen LogP contribution in [0.25, 0.3) is 10.9 Å². The molecule has 0 aliphatic heterocycles. The molecule has 2 heterocycles. The predicted octanol–water partition coefficient (Wildman–Crippen LogP) is 1.87. The summed E-state index contributed by atoms with van der Waals surface area (Å²) in [7, 11) is 3.62. The Labute approximate surface area is 134 Å². The van der Waals surface area contributed by atoms with Crippen LogP contribution in [0.15, 0.2) is 47.8 Å². The van der Waals surface area contributed by atoms with Gasteiger partial charge in [-0.25, -0.2) is 4.98 Å². The zero-order valence-corrected chi connectivity index (χ0v) is 13.3. The van der Waals surface area contributed by atoms with E-state index in [1.165, 1.54) is 0 Å². The number of rotatable bonds is 6. The van der Waals surface area contributed by atoms with E-state index in [4.69, 9.17) is 4.74 Å². The third kappa shape index (κ3) is 3.60. The molecule has 1 aromatic carbocycles. The molecule has 0 aliphatic carbocycles. The summed E-state index contributed by atoms with van der Waals surface area (Å²) in [5, 5.41) is 1.00. The van der Waals surface area contributed by atoms with Gasteiger partial charge in [-0.05, 0) is 30.6 Å². The quantitative estimate of drug-likeness (QED) is 0.755. The number of aromatic nitrogens is 3. The molecule has 0 spiro atoms. The molecule has 120 valence electrons. The number of fused-ring (bicyclic) bond motifs is 1. The number of ether oxygens (including phenoxy) is 1. The van der Waals surface area contributed by atoms with E-state index in [1.54, 1.807) is 19.6 Å². The largest absolute Gasteiger partial charge is 0.497 e. The van der Waals surface area contributed by atoms with E-state index >= 15 is 0 Å². The number of pyridine rings is 1. The second-order valence-electron chi connectivity index (χ2n) is 5.62. The van der Waals surface area contributed by atoms with Gasteiger partial charge >= 0.3 is 0 Å². The molecule has 1 N–H and O–H groups in total. The number of nitrogens with zero attached hydrogens (tertiary/aromatic N) is 3. The maximum atomic E-state index is 12.3. The second-order valence-corrected chi connectivity index (χ2v) is 5.62. The zero-order valence-electron chi connectivity index (χ0n) is 13.3. The van der Waals surface area contributed by atoms with Gasteiger partial charge in [0.05, 0.1) is 19.0 Å². The van der Waals surface area contributed by atoms with Gasteiger partial charge in [-0.2, -0.15) is 0 Å². The summed E-state index contributed by atoms with van der Waals surface area (Å²) in [4.78, 5) is 21.3. The van der Waals surface area contributed by atoms with Gasteiger partial charge < -0.3 is 19.2 Å². The van der Waals surface area contributed by atoms with Crippen molar-refractivity contribution in [2.24, 2.45) is 0 Å². The standard InChI is InChI=1S/C17H20N4O2/c1-20(7-8-21-6-5-18-12-21)11-14-9-13-3-4-15(23-2)10-16(13)19-17(14)22/h3-6,9-10,12H,7-8,11H2,1-2H3,(H,19,22). The van der Waals surface area contributed by atoms with Gasteiger partial charge in [0.2, 0.25) is 0 Å². The van der Waals surface area contributed by atoms with Crippen LogP contribution in [0, 0.1) is 0 Å². The van der Waals surface area contributed by atoms with Crippen LogP contribution in [-0.2, 0) is 13.1 Å². The number of nitrogens with one attached hydrogen (secondary N) is 1. The second kappa shape index (κ2) is 6.66. The van der Waals surface area contributed by atoms with E-state index in [2.05, 4.69) is 14.9 Å². The first kappa shape index (κ1) is 15.3. The normalized spacial score (nSPS) is 11.3. The molecule has 6 heteroatoms. The number of hydrogen-bond acceptors (Lipinski definition) is 4. The molecule has 0 aliphatic rings. The van der Waals surface area contributed by atoms with Crippen LogP contribution in [0.2, 0.25) is 0 Å². The zero-order chi connectivity index (χ0) is 16.2. The average molecular weight is 312 g/mol. The van der Waals surface area contributed by atoms with Crippen molar-refractivity contribution < 1.29 is 4.74 Å². The maximum Gasteiger partial charge on any atom is 0.252 e. The van der Waals surface area contributed by atoms with Gasteiger partial charge in [-0.1, -0.05) is 0 Å². The Morgan fingerprint density at radius 3 is 2.96 bits per heavy atom. The molecule has 23 heavy (non-hydrogen) atoms. The van der Waals surface area contributed by atoms with Crippen molar-refractivity contribution in [1.29, 1.82) is 0 Å². The number of benzene rings is 1. The Morgan fingerprint density at radius 2 is 2.22 bits per heavy atom. The monoisotopic (exact) mass is 312 g/mol. The summed E-state index contributed by atoms with van der Waals surface area (Å²) < 4.78 is 7.21. The van der Waals surface area contributed by atoms with Crippen LogP contribution < -0.4 is 10.3 Å². The van der Waals surface area contributed by atoms with E-state index in [0.717, 1.165) is 35.3 Å². The highest BCUT2D eigenvalue weighted by Crippen LogP contribution is 2.18. The summed E-state index contributed by atoms with van der Waals surface area (Å²) in [6.45, 7) is 2.29. The highest BCUT2D eigenvalue weighted by molar-refractivity contribution is 5.80. The first-order chi connectivity index (χ1) is 11.2. The highest BCUT2D eigenvalue weighted by atomic mass is 16.5. The number of H-pyrrole nitrogens is 1. The minimum absolute atomic E-state index is 0.0553. The highest BCUT2D eigenvalue weighted by Gasteiger charge is 2.07. The third-order valence-electron chi connectivity index (χ3n) is 3.87. The van der Waals surface area contributed by atoms with Gasteiger partial charge in [-0.15, -0.1) is 0 Å². The van der Waals surface area contributed by atoms with Gasteiger partial charge in [-0.3, -0.25) is 4.79 Å². The van der Waals surface area contributed by atoms with E-state index in [0.29, 0.717) is 6.54 Å². The fraction of sp³-hybridized carbons (Fsp3) is 0.294. The van der Waals surface area contributed by atoms with Crippen LogP contribution in [0.1, 0.15) is 5.56 Å². The predicted molar refractivity (Wildman–Crippen MR) is 89.7 cm³/mol. The molecule has 0 saturated carbocycles. The van der Waals surface area contributed by atoms with Crippen molar-refractivity contribution in [3.8, 4) is 5.75 Å². The molecular formula is C17H20N4O2. The van der Waals surface area contributed by atoms with Gasteiger partial charge in [0, 0.05) is 43.7 Å². The molecule has 0 bridgehead atoms. The average Bonchev–Trinajstić information content (AvgIpc) is 3.06. The number of methoxy groups -OCH3 is 1. The van der Waals surface area contributed by atoms with Crippen molar-refractivity contribution in [1.82, 2.24) is 19.4 Å². The molecule has 2 aromatic heterocycles. The van der Waals surface area contributed by atoms with Crippen LogP contribution in [0.3, 0.4) is 0 Å². The molecule has 0 unspecified atom stereocenters. The minimum Gasteiger partial charge on any atom is -0.497 e. The summed E-state index contributed by atoms with van der Waals surface area (Å²) in [5.41, 5.74) is 1.50. The van der Waals surface area contributed by atoms with Crippen LogP contribution in [-0.4, -0.2) is 40.1 Å². The number of aromatic amines is 1. The van der Waals surface area contributed by atoms with Gasteiger partial charge in [0.15, 0.2) is 0 Å². The molecular weight excluding hydrogens is 292 g/mol. The number of likely N-dealkylation sites (N-methyl/N-ethyl adjacent to an activating group) is 1. The molecule has 0 fully saturated rings. The first-order valence-corrected chi connectivity index (χ1v) is 7.50. The van der Waals surface area contributed by atoms with E-state index in [9.17, 15) is 4.79 Å². The molecule has 0 saturated heterocycles. The Hall–Kier alpha value is -2.60. The van der Waals surface area contributed by atoms with E-state index < -0.39 is 0 Å². The molecule has 3 rings (SSSR count). The van der Waals surface area contributed by atoms with Crippen molar-refractivity contribution >= 4 is 10.9 Å². The Kier molecular flexibility index (Phi) is 4.43. The lowest BCUT2D eigenvalue weighted by molar-refractivity contribution is 0.310. The van der Waals surface area contributed by atoms with Gasteiger partial charge in [0.25, 0.3) is 5.56 Å². The molecule has 0 amide bonds. The smallest absolute Gasteiger partial charge is 0.252 e. The van der Waals surface area contributed by atoms with E-state index in [1.807, 2.05) is 42.1 Å². The summed E-state index contributed by atoms with van der Waals surface area (Å²) in [6.07, 6.45) is 5.50. The number of hydrogen-bond donors (Lipinski definition) is 1. The molecule has 3 aromatic rings. The Balaban J connectivity index is 1.74. The fourth-order valence-electron chi connectivity index (χ4n) is 2.54. The lowest BCUT2D eigenvalue weighted by Gasteiger charge is -2.16. The topological polar surface area (TPSA) is 63.1 Å². The van der Waals surface area contributed by atoms with Crippen molar-refractivity contribution in [2.75, 3.05) is 20.7 Å². The van der Waals surface area contributed by atoms with Crippen LogP contribution >= 0.6 is 0 Å². The Morgan fingerprint density at radius 1 is 1.35 bits per heavy atom. The SMILES string of the molecule is COc1ccc2cc(CN(C)CCn3ccnc3)c(=O)[nH]c2c1. The molecule has 0 atom stereocenters. The third-order valence-corrected chi connectivity index (χ3v) is 3.87. The number of imidazole rings is 1. The van der Waals surface area contributed by atoms with E-state index in [-0.39, 0.29) is 5.56 Å². The maximum absolute atomic E-state index is 12.3. The first-order valence-electron chi connectivity index (χ1n) is 7.50. The van der Waals surface area contributed by atoms with Crippen molar-refractivity contribution in [2.45, 2.75) is 13.1 Å². The fourth-order valence-corrected chi connectivity index (χ4v) is 2.54. The Bertz CT molecular complexity index is 839. The summed E-state index contributed by atoms with van der Waals surface area (Å²) >= 11 is 0. The molecule has 0 radical (unpaired) electrons. The molecule has 6 nitrogen and oxygen atoms in total. The minimum atomic E-state index is -0.0553. The lowest BCUT2D eigenvalue weighted by Crippen LogP contribution is -2.26. The lowest BCUT2D eigenvalue weighted by atomic mass is 10.1. The van der Waals surface area contributed by atoms with Crippen molar-refractivity contribution in [3.05, 3.63) is 58.9 Å². The van der Waals surface area contributed by atoms with Crippen LogP contribution in [0.4, 0.5) is 0 Å². The van der Waals surface area contributed by atoms with Gasteiger partial charge in [0.1, 0.15) is 5.75 Å². The summed E-state index contributed by atoms with van der Waals surface area (Å²) in [5.74, 6) is 0.735. The summed E-state index contributed by atoms with van der Waals surface area (Å²) in [6, 6.07) is 7.64.